The van der Waals surface area contributed by atoms with Gasteiger partial charge in [-0.25, -0.2) is 0 Å². The number of carboxylic acids is 1. The lowest BCUT2D eigenvalue weighted by atomic mass is 10.1. The fourth-order valence-corrected chi connectivity index (χ4v) is 3.01. The fourth-order valence-electron chi connectivity index (χ4n) is 2.66. The molecule has 7 heteroatoms. The minimum Gasteiger partial charge on any atom is -0.480 e. The predicted octanol–water partition coefficient (Wildman–Crippen LogP) is 3.19. The lowest BCUT2D eigenvalue weighted by Gasteiger charge is -2.29. The van der Waals surface area contributed by atoms with Gasteiger partial charge in [0.1, 0.15) is 12.2 Å². The van der Waals surface area contributed by atoms with E-state index < -0.39 is 10.9 Å². The van der Waals surface area contributed by atoms with E-state index in [9.17, 15) is 14.9 Å². The van der Waals surface area contributed by atoms with Gasteiger partial charge in [0.2, 0.25) is 0 Å². The first-order valence-electron chi connectivity index (χ1n) is 6.41. The predicted molar refractivity (Wildman–Crippen MR) is 78.0 cm³/mol. The van der Waals surface area contributed by atoms with Gasteiger partial charge in [0, 0.05) is 16.6 Å². The zero-order valence-electron chi connectivity index (χ0n) is 10.8. The van der Waals surface area contributed by atoms with E-state index in [1.54, 1.807) is 17.0 Å². The van der Waals surface area contributed by atoms with E-state index in [0.29, 0.717) is 10.2 Å². The fraction of sp³-hybridized carbons (Fsp3) is 0.462. The van der Waals surface area contributed by atoms with Gasteiger partial charge in [-0.3, -0.25) is 14.9 Å². The first-order valence-corrected chi connectivity index (χ1v) is 7.20. The summed E-state index contributed by atoms with van der Waals surface area (Å²) in [5.41, 5.74) is 0.319. The van der Waals surface area contributed by atoms with E-state index in [1.807, 2.05) is 0 Å². The van der Waals surface area contributed by atoms with Gasteiger partial charge >= 0.3 is 5.97 Å². The number of carboxylic acid groups (broad SMARTS) is 1. The second kappa shape index (κ2) is 6.21. The zero-order valence-corrected chi connectivity index (χ0v) is 12.4. The Morgan fingerprint density at radius 3 is 2.65 bits per heavy atom. The van der Waals surface area contributed by atoms with E-state index in [2.05, 4.69) is 15.9 Å². The van der Waals surface area contributed by atoms with Gasteiger partial charge in [-0.1, -0.05) is 28.8 Å². The summed E-state index contributed by atoms with van der Waals surface area (Å²) < 4.78 is 0.606. The molecule has 0 saturated heterocycles. The Labute approximate surface area is 124 Å². The lowest BCUT2D eigenvalue weighted by Crippen LogP contribution is -2.38. The van der Waals surface area contributed by atoms with Gasteiger partial charge in [-0.15, -0.1) is 0 Å². The topological polar surface area (TPSA) is 83.7 Å². The summed E-state index contributed by atoms with van der Waals surface area (Å²) in [5, 5.41) is 20.3. The van der Waals surface area contributed by atoms with Crippen LogP contribution in [0.15, 0.2) is 22.7 Å². The minimum atomic E-state index is -0.978. The van der Waals surface area contributed by atoms with Gasteiger partial charge in [0.25, 0.3) is 5.69 Å². The highest BCUT2D eigenvalue weighted by Gasteiger charge is 2.29. The Hall–Kier alpha value is -1.63. The molecule has 1 aliphatic rings. The molecule has 1 aromatic carbocycles. The molecule has 0 spiro atoms. The van der Waals surface area contributed by atoms with Crippen molar-refractivity contribution < 1.29 is 14.8 Å². The number of hydrogen-bond acceptors (Lipinski definition) is 4. The third kappa shape index (κ3) is 3.27. The third-order valence-electron chi connectivity index (χ3n) is 3.51. The van der Waals surface area contributed by atoms with Crippen LogP contribution in [0.4, 0.5) is 11.4 Å². The van der Waals surface area contributed by atoms with Crippen LogP contribution in [0.1, 0.15) is 25.7 Å². The normalized spacial score (nSPS) is 15.2. The van der Waals surface area contributed by atoms with Gasteiger partial charge in [0.15, 0.2) is 0 Å². The molecule has 2 rings (SSSR count). The summed E-state index contributed by atoms with van der Waals surface area (Å²) in [7, 11) is 0. The Bertz CT molecular complexity index is 529. The summed E-state index contributed by atoms with van der Waals surface area (Å²) in [6.07, 6.45) is 3.82. The molecular formula is C13H15BrN2O4. The van der Waals surface area contributed by atoms with Crippen LogP contribution >= 0.6 is 15.9 Å². The van der Waals surface area contributed by atoms with E-state index in [4.69, 9.17) is 5.11 Å². The van der Waals surface area contributed by atoms with Crippen LogP contribution in [0.5, 0.6) is 0 Å². The van der Waals surface area contributed by atoms with E-state index in [0.717, 1.165) is 25.7 Å². The average molecular weight is 343 g/mol. The molecule has 0 heterocycles. The summed E-state index contributed by atoms with van der Waals surface area (Å²) >= 11 is 3.21. The molecule has 0 aromatic heterocycles. The third-order valence-corrected chi connectivity index (χ3v) is 4.01. The van der Waals surface area contributed by atoms with Crippen LogP contribution in [-0.2, 0) is 4.79 Å². The number of nitro groups is 1. The molecule has 6 nitrogen and oxygen atoms in total. The standard InChI is InChI=1S/C13H15BrN2O4/c14-9-5-6-11(12(7-9)16(19)20)15(8-13(17)18)10-3-1-2-4-10/h5-7,10H,1-4,8H2,(H,17,18). The number of rotatable bonds is 5. The number of hydrogen-bond donors (Lipinski definition) is 1. The summed E-state index contributed by atoms with van der Waals surface area (Å²) in [4.78, 5) is 23.4. The van der Waals surface area contributed by atoms with Crippen molar-refractivity contribution in [3.63, 3.8) is 0 Å². The largest absolute Gasteiger partial charge is 0.480 e. The van der Waals surface area contributed by atoms with E-state index in [-0.39, 0.29) is 18.3 Å². The van der Waals surface area contributed by atoms with Crippen LogP contribution in [-0.4, -0.2) is 28.6 Å². The molecule has 0 radical (unpaired) electrons. The molecule has 108 valence electrons. The van der Waals surface area contributed by atoms with Gasteiger partial charge in [-0.05, 0) is 25.0 Å². The minimum absolute atomic E-state index is 0.0611. The molecule has 1 saturated carbocycles. The van der Waals surface area contributed by atoms with Crippen molar-refractivity contribution in [2.45, 2.75) is 31.7 Å². The summed E-state index contributed by atoms with van der Waals surface area (Å²) in [6, 6.07) is 4.79. The van der Waals surface area contributed by atoms with E-state index >= 15 is 0 Å². The molecule has 1 aromatic rings. The molecule has 20 heavy (non-hydrogen) atoms. The van der Waals surface area contributed by atoms with Crippen LogP contribution in [0.3, 0.4) is 0 Å². The highest BCUT2D eigenvalue weighted by molar-refractivity contribution is 9.10. The summed E-state index contributed by atoms with van der Waals surface area (Å²) in [6.45, 7) is -0.215. The smallest absolute Gasteiger partial charge is 0.323 e. The molecule has 0 bridgehead atoms. The number of nitrogens with zero attached hydrogens (tertiary/aromatic N) is 2. The number of nitro benzene ring substituents is 1. The Kier molecular flexibility index (Phi) is 4.59. The maximum Gasteiger partial charge on any atom is 0.323 e. The van der Waals surface area contributed by atoms with E-state index in [1.165, 1.54) is 6.07 Å². The SMILES string of the molecule is O=C(O)CN(c1ccc(Br)cc1[N+](=O)[O-])C1CCCC1. The maximum atomic E-state index is 11.2. The van der Waals surface area contributed by atoms with Crippen LogP contribution in [0.25, 0.3) is 0 Å². The highest BCUT2D eigenvalue weighted by Crippen LogP contribution is 2.35. The molecule has 0 amide bonds. The second-order valence-electron chi connectivity index (χ2n) is 4.85. The molecular weight excluding hydrogens is 328 g/mol. The molecule has 1 fully saturated rings. The zero-order chi connectivity index (χ0) is 14.7. The molecule has 0 aliphatic heterocycles. The Morgan fingerprint density at radius 2 is 2.10 bits per heavy atom. The van der Waals surface area contributed by atoms with Gasteiger partial charge in [-0.2, -0.15) is 0 Å². The first kappa shape index (κ1) is 14.8. The monoisotopic (exact) mass is 342 g/mol. The average Bonchev–Trinajstić information content (AvgIpc) is 2.89. The van der Waals surface area contributed by atoms with Crippen molar-refractivity contribution in [2.24, 2.45) is 0 Å². The van der Waals surface area contributed by atoms with Crippen molar-refractivity contribution in [3.05, 3.63) is 32.8 Å². The van der Waals surface area contributed by atoms with Crippen molar-refractivity contribution in [1.29, 1.82) is 0 Å². The van der Waals surface area contributed by atoms with Crippen LogP contribution in [0.2, 0.25) is 0 Å². The number of carbonyl (C=O) groups is 1. The van der Waals surface area contributed by atoms with Gasteiger partial charge < -0.3 is 10.0 Å². The van der Waals surface area contributed by atoms with Crippen molar-refractivity contribution in [1.82, 2.24) is 0 Å². The van der Waals surface area contributed by atoms with Crippen molar-refractivity contribution in [2.75, 3.05) is 11.4 Å². The number of anilines is 1. The molecule has 0 unspecified atom stereocenters. The number of aliphatic carboxylic acids is 1. The maximum absolute atomic E-state index is 11.2. The molecule has 1 aliphatic carbocycles. The lowest BCUT2D eigenvalue weighted by molar-refractivity contribution is -0.384. The van der Waals surface area contributed by atoms with Crippen LogP contribution < -0.4 is 4.90 Å². The Balaban J connectivity index is 2.41. The molecule has 1 N–H and O–H groups in total. The second-order valence-corrected chi connectivity index (χ2v) is 5.77. The van der Waals surface area contributed by atoms with Crippen LogP contribution in [0, 0.1) is 10.1 Å². The first-order chi connectivity index (χ1) is 9.49. The number of halogens is 1. The highest BCUT2D eigenvalue weighted by atomic mass is 79.9. The Morgan fingerprint density at radius 1 is 1.45 bits per heavy atom. The van der Waals surface area contributed by atoms with Crippen molar-refractivity contribution >= 4 is 33.3 Å². The van der Waals surface area contributed by atoms with Crippen molar-refractivity contribution in [3.8, 4) is 0 Å². The molecule has 0 atom stereocenters. The number of benzene rings is 1. The van der Waals surface area contributed by atoms with Gasteiger partial charge in [0.05, 0.1) is 4.92 Å². The quantitative estimate of drug-likeness (QED) is 0.656. The summed E-state index contributed by atoms with van der Waals surface area (Å²) in [5.74, 6) is -0.978.